The molecule has 0 radical (unpaired) electrons. The molecule has 4 aliphatic carbocycles. The van der Waals surface area contributed by atoms with E-state index in [1.807, 2.05) is 0 Å². The minimum Gasteiger partial charge on any atom is -0.513 e. The Balaban J connectivity index is 1.65. The lowest BCUT2D eigenvalue weighted by molar-refractivity contribution is -0.127. The quantitative estimate of drug-likeness (QED) is 0.697. The third-order valence-electron chi connectivity index (χ3n) is 9.00. The van der Waals surface area contributed by atoms with Crippen LogP contribution in [0.5, 0.6) is 0 Å². The van der Waals surface area contributed by atoms with Gasteiger partial charge in [0.25, 0.3) is 0 Å². The van der Waals surface area contributed by atoms with Crippen molar-refractivity contribution in [2.45, 2.75) is 71.1 Å². The summed E-state index contributed by atoms with van der Waals surface area (Å²) in [6.45, 7) is 6.68. The molecule has 0 aromatic rings. The Morgan fingerprint density at radius 2 is 1.83 bits per heavy atom. The van der Waals surface area contributed by atoms with Crippen LogP contribution in [0.1, 0.15) is 71.1 Å². The second-order valence-corrected chi connectivity index (χ2v) is 9.45. The molecule has 2 nitrogen and oxygen atoms in total. The van der Waals surface area contributed by atoms with E-state index in [1.165, 1.54) is 51.4 Å². The molecule has 2 N–H and O–H groups in total. The fourth-order valence-corrected chi connectivity index (χ4v) is 7.91. The molecule has 4 saturated carbocycles. The summed E-state index contributed by atoms with van der Waals surface area (Å²) in [7, 11) is 0. The molecule has 23 heavy (non-hydrogen) atoms. The molecule has 0 aromatic carbocycles. The van der Waals surface area contributed by atoms with Gasteiger partial charge in [-0.15, -0.1) is 0 Å². The number of rotatable bonds is 2. The second-order valence-electron chi connectivity index (χ2n) is 9.45. The van der Waals surface area contributed by atoms with E-state index >= 15 is 0 Å². The lowest BCUT2D eigenvalue weighted by atomic mass is 9.44. The predicted molar refractivity (Wildman–Crippen MR) is 93.0 cm³/mol. The molecular formula is C21H34O2. The average Bonchev–Trinajstić information content (AvgIpc) is 2.94. The summed E-state index contributed by atoms with van der Waals surface area (Å²) < 4.78 is 0. The van der Waals surface area contributed by atoms with E-state index in [0.29, 0.717) is 17.1 Å². The highest BCUT2D eigenvalue weighted by atomic mass is 16.3. The zero-order valence-corrected chi connectivity index (χ0v) is 14.8. The maximum absolute atomic E-state index is 10.3. The van der Waals surface area contributed by atoms with Gasteiger partial charge in [-0.1, -0.05) is 26.3 Å². The van der Waals surface area contributed by atoms with E-state index in [2.05, 4.69) is 13.5 Å². The van der Waals surface area contributed by atoms with Gasteiger partial charge in [-0.3, -0.25) is 0 Å². The standard InChI is InChI=1S/C21H34O2/c1-14(23)17-8-9-19-16-7-6-15-5-3-4-11-20(15,2)18(16)10-12-21(17,19)13-22/h15-19,22-23H,1,3-13H2,2H3/t15?,16-,17-,18+,19+,20+,21+/m1/s1. The van der Waals surface area contributed by atoms with Gasteiger partial charge >= 0.3 is 0 Å². The summed E-state index contributed by atoms with van der Waals surface area (Å²) in [6, 6.07) is 0. The highest BCUT2D eigenvalue weighted by Crippen LogP contribution is 2.67. The van der Waals surface area contributed by atoms with Crippen LogP contribution in [0.15, 0.2) is 12.3 Å². The largest absolute Gasteiger partial charge is 0.513 e. The van der Waals surface area contributed by atoms with E-state index < -0.39 is 0 Å². The van der Waals surface area contributed by atoms with Crippen LogP contribution in [0.25, 0.3) is 0 Å². The van der Waals surface area contributed by atoms with E-state index in [0.717, 1.165) is 30.6 Å². The van der Waals surface area contributed by atoms with Crippen LogP contribution < -0.4 is 0 Å². The van der Waals surface area contributed by atoms with E-state index in [4.69, 9.17) is 0 Å². The number of aliphatic hydroxyl groups is 2. The van der Waals surface area contributed by atoms with Gasteiger partial charge in [-0.25, -0.2) is 0 Å². The van der Waals surface area contributed by atoms with Crippen LogP contribution in [-0.2, 0) is 0 Å². The minimum absolute atomic E-state index is 0.0646. The van der Waals surface area contributed by atoms with Crippen LogP contribution in [0, 0.1) is 40.4 Å². The van der Waals surface area contributed by atoms with Gasteiger partial charge in [0.15, 0.2) is 0 Å². The first-order valence-corrected chi connectivity index (χ1v) is 10.0. The van der Waals surface area contributed by atoms with Crippen LogP contribution >= 0.6 is 0 Å². The van der Waals surface area contributed by atoms with Crippen molar-refractivity contribution in [2.24, 2.45) is 40.4 Å². The summed E-state index contributed by atoms with van der Waals surface area (Å²) in [5.74, 6) is 3.66. The molecule has 7 atom stereocenters. The zero-order chi connectivity index (χ0) is 16.2. The van der Waals surface area contributed by atoms with Gasteiger partial charge in [-0.05, 0) is 80.5 Å². The molecule has 0 bridgehead atoms. The fraction of sp³-hybridized carbons (Fsp3) is 0.905. The molecule has 4 rings (SSSR count). The second kappa shape index (κ2) is 5.51. The molecule has 0 spiro atoms. The number of hydrogen-bond donors (Lipinski definition) is 2. The SMILES string of the molecule is C=C(O)[C@H]1CC[C@H]2[C@@H]3CCC4CCCC[C@]4(C)[C@H]3CC[C@]12CO. The minimum atomic E-state index is -0.0646. The van der Waals surface area contributed by atoms with Crippen LogP contribution in [-0.4, -0.2) is 16.8 Å². The van der Waals surface area contributed by atoms with Crippen LogP contribution in [0.4, 0.5) is 0 Å². The molecule has 1 unspecified atom stereocenters. The summed E-state index contributed by atoms with van der Waals surface area (Å²) in [6.07, 6.45) is 13.1. The Hall–Kier alpha value is -0.500. The zero-order valence-electron chi connectivity index (χ0n) is 14.8. The summed E-state index contributed by atoms with van der Waals surface area (Å²) in [5, 5.41) is 20.4. The first-order chi connectivity index (χ1) is 11.0. The fourth-order valence-electron chi connectivity index (χ4n) is 7.91. The van der Waals surface area contributed by atoms with E-state index in [1.54, 1.807) is 0 Å². The number of aliphatic hydroxyl groups excluding tert-OH is 2. The Morgan fingerprint density at radius 3 is 2.57 bits per heavy atom. The van der Waals surface area contributed by atoms with Crippen LogP contribution in [0.2, 0.25) is 0 Å². The molecule has 130 valence electrons. The monoisotopic (exact) mass is 318 g/mol. The average molecular weight is 319 g/mol. The molecule has 0 aromatic heterocycles. The third-order valence-corrected chi connectivity index (χ3v) is 9.00. The van der Waals surface area contributed by atoms with Gasteiger partial charge in [-0.2, -0.15) is 0 Å². The van der Waals surface area contributed by atoms with Crippen molar-refractivity contribution in [1.82, 2.24) is 0 Å². The molecule has 4 aliphatic rings. The summed E-state index contributed by atoms with van der Waals surface area (Å²) in [5.41, 5.74) is 0.488. The molecule has 0 amide bonds. The molecule has 0 heterocycles. The molecule has 2 heteroatoms. The van der Waals surface area contributed by atoms with Gasteiger partial charge in [0, 0.05) is 17.9 Å². The number of fused-ring (bicyclic) bond motifs is 5. The van der Waals surface area contributed by atoms with Crippen LogP contribution in [0.3, 0.4) is 0 Å². The van der Waals surface area contributed by atoms with E-state index in [-0.39, 0.29) is 17.9 Å². The first-order valence-electron chi connectivity index (χ1n) is 10.0. The van der Waals surface area contributed by atoms with E-state index in [9.17, 15) is 10.2 Å². The van der Waals surface area contributed by atoms with Crippen molar-refractivity contribution >= 4 is 0 Å². The van der Waals surface area contributed by atoms with Crippen molar-refractivity contribution in [2.75, 3.05) is 6.61 Å². The Kier molecular flexibility index (Phi) is 3.83. The maximum atomic E-state index is 10.3. The first kappa shape index (κ1) is 16.0. The van der Waals surface area contributed by atoms with Crippen molar-refractivity contribution in [3.8, 4) is 0 Å². The topological polar surface area (TPSA) is 40.5 Å². The van der Waals surface area contributed by atoms with Crippen molar-refractivity contribution in [3.63, 3.8) is 0 Å². The maximum Gasteiger partial charge on any atom is 0.0888 e. The van der Waals surface area contributed by atoms with Crippen molar-refractivity contribution < 1.29 is 10.2 Å². The van der Waals surface area contributed by atoms with Gasteiger partial charge < -0.3 is 10.2 Å². The highest BCUT2D eigenvalue weighted by molar-refractivity contribution is 5.14. The summed E-state index contributed by atoms with van der Waals surface area (Å²) in [4.78, 5) is 0. The normalized spacial score (nSPS) is 52.3. The molecule has 4 fully saturated rings. The highest BCUT2D eigenvalue weighted by Gasteiger charge is 2.61. The van der Waals surface area contributed by atoms with Gasteiger partial charge in [0.2, 0.25) is 0 Å². The number of hydrogen-bond acceptors (Lipinski definition) is 2. The third kappa shape index (κ3) is 2.09. The lowest BCUT2D eigenvalue weighted by Gasteiger charge is -2.60. The lowest BCUT2D eigenvalue weighted by Crippen LogP contribution is -2.54. The molecular weight excluding hydrogens is 284 g/mol. The van der Waals surface area contributed by atoms with Crippen molar-refractivity contribution in [3.05, 3.63) is 12.3 Å². The van der Waals surface area contributed by atoms with Gasteiger partial charge in [0.1, 0.15) is 0 Å². The Morgan fingerprint density at radius 1 is 1.00 bits per heavy atom. The smallest absolute Gasteiger partial charge is 0.0888 e. The number of allylic oxidation sites excluding steroid dienone is 1. The predicted octanol–water partition coefficient (Wildman–Crippen LogP) is 5.08. The summed E-state index contributed by atoms with van der Waals surface area (Å²) >= 11 is 0. The van der Waals surface area contributed by atoms with Gasteiger partial charge in [0.05, 0.1) is 5.76 Å². The Bertz CT molecular complexity index is 486. The van der Waals surface area contributed by atoms with Crippen molar-refractivity contribution in [1.29, 1.82) is 0 Å². The molecule has 0 aliphatic heterocycles. The molecule has 0 saturated heterocycles. The Labute approximate surface area is 141 Å².